The van der Waals surface area contributed by atoms with Gasteiger partial charge in [-0.3, -0.25) is 14.6 Å². The summed E-state index contributed by atoms with van der Waals surface area (Å²) in [6.07, 6.45) is 3.76. The third-order valence-corrected chi connectivity index (χ3v) is 6.43. The van der Waals surface area contributed by atoms with Gasteiger partial charge < -0.3 is 9.40 Å². The fraction of sp³-hybridized carbons (Fsp3) is 0.474. The molecule has 5 rings (SSSR count). The van der Waals surface area contributed by atoms with Crippen molar-refractivity contribution in [1.29, 1.82) is 0 Å². The van der Waals surface area contributed by atoms with Gasteiger partial charge >= 0.3 is 0 Å². The Morgan fingerprint density at radius 2 is 2.15 bits per heavy atom. The lowest BCUT2D eigenvalue weighted by Crippen LogP contribution is -2.36. The maximum Gasteiger partial charge on any atom is 0.294 e. The number of likely N-dealkylation sites (tertiary alicyclic amines) is 1. The molecule has 0 spiro atoms. The number of aromatic nitrogens is 2. The molecule has 2 fully saturated rings. The molecule has 2 aliphatic heterocycles. The van der Waals surface area contributed by atoms with Crippen molar-refractivity contribution in [2.24, 2.45) is 0 Å². The molecule has 3 aromatic rings. The summed E-state index contributed by atoms with van der Waals surface area (Å²) in [5.74, 6) is 0.714. The van der Waals surface area contributed by atoms with Gasteiger partial charge in [0, 0.05) is 35.0 Å². The summed E-state index contributed by atoms with van der Waals surface area (Å²) in [5.41, 5.74) is 1.43. The summed E-state index contributed by atoms with van der Waals surface area (Å²) in [5, 5.41) is 0.872. The first kappa shape index (κ1) is 16.5. The molecule has 2 aromatic heterocycles. The van der Waals surface area contributed by atoms with Gasteiger partial charge in [-0.25, -0.2) is 4.98 Å². The van der Waals surface area contributed by atoms with Crippen LogP contribution in [-0.2, 0) is 6.54 Å². The number of benzene rings is 1. The van der Waals surface area contributed by atoms with Crippen molar-refractivity contribution in [3.63, 3.8) is 0 Å². The second-order valence-corrected chi connectivity index (χ2v) is 8.42. The smallest absolute Gasteiger partial charge is 0.294 e. The fourth-order valence-electron chi connectivity index (χ4n) is 4.48. The van der Waals surface area contributed by atoms with Crippen molar-refractivity contribution >= 4 is 38.0 Å². The summed E-state index contributed by atoms with van der Waals surface area (Å²) in [7, 11) is 2.24. The first-order chi connectivity index (χ1) is 12.6. The standard InChI is InChI=1S/C19H21BrN4O2/c1-23-12-3-4-13(23)9-24(7-6-12)10-16-21-17-14-8-11(20)2-5-15(14)26-18(17)19(25)22-16/h2,5,8,12-13H,3-4,6-7,9-10H2,1H3,(H,21,22,25)/t12-,13+/m0/s1. The lowest BCUT2D eigenvalue weighted by molar-refractivity contribution is 0.212. The molecule has 2 saturated heterocycles. The number of hydrogen-bond donors (Lipinski definition) is 1. The average molecular weight is 417 g/mol. The minimum absolute atomic E-state index is 0.203. The predicted molar refractivity (Wildman–Crippen MR) is 104 cm³/mol. The first-order valence-corrected chi connectivity index (χ1v) is 9.93. The van der Waals surface area contributed by atoms with Gasteiger partial charge in [-0.05, 0) is 44.5 Å². The molecular formula is C19H21BrN4O2. The summed E-state index contributed by atoms with van der Waals surface area (Å²) >= 11 is 3.48. The SMILES string of the molecule is CN1[C@H]2CC[C@@H]1CN(Cc1nc3c(oc4ccc(Br)cc43)c(=O)[nH]1)CC2. The molecule has 6 nitrogen and oxygen atoms in total. The average Bonchev–Trinajstić information content (AvgIpc) is 3.08. The molecule has 0 amide bonds. The zero-order valence-electron chi connectivity index (χ0n) is 14.7. The lowest BCUT2D eigenvalue weighted by atomic mass is 10.1. The van der Waals surface area contributed by atoms with E-state index in [1.165, 1.54) is 19.3 Å². The highest BCUT2D eigenvalue weighted by Gasteiger charge is 2.34. The highest BCUT2D eigenvalue weighted by Crippen LogP contribution is 2.30. The first-order valence-electron chi connectivity index (χ1n) is 9.14. The second-order valence-electron chi connectivity index (χ2n) is 7.51. The van der Waals surface area contributed by atoms with Crippen molar-refractivity contribution in [3.8, 4) is 0 Å². The van der Waals surface area contributed by atoms with Gasteiger partial charge in [0.15, 0.2) is 0 Å². The summed E-state index contributed by atoms with van der Waals surface area (Å²) in [6, 6.07) is 7.04. The van der Waals surface area contributed by atoms with Gasteiger partial charge in [-0.2, -0.15) is 0 Å². The predicted octanol–water partition coefficient (Wildman–Crippen LogP) is 3.10. The van der Waals surface area contributed by atoms with Crippen molar-refractivity contribution in [1.82, 2.24) is 19.8 Å². The van der Waals surface area contributed by atoms with Crippen LogP contribution in [0.25, 0.3) is 22.1 Å². The van der Waals surface area contributed by atoms with E-state index in [0.29, 0.717) is 41.1 Å². The zero-order chi connectivity index (χ0) is 17.8. The van der Waals surface area contributed by atoms with E-state index in [9.17, 15) is 4.79 Å². The molecule has 26 heavy (non-hydrogen) atoms. The number of nitrogens with zero attached hydrogens (tertiary/aromatic N) is 3. The van der Waals surface area contributed by atoms with Crippen LogP contribution in [0.15, 0.2) is 31.9 Å². The van der Waals surface area contributed by atoms with Crippen LogP contribution in [-0.4, -0.2) is 52.0 Å². The molecular weight excluding hydrogens is 396 g/mol. The number of rotatable bonds is 2. The molecule has 2 atom stereocenters. The highest BCUT2D eigenvalue weighted by molar-refractivity contribution is 9.10. The summed E-state index contributed by atoms with van der Waals surface area (Å²) < 4.78 is 6.66. The Kier molecular flexibility index (Phi) is 3.92. The number of furan rings is 1. The largest absolute Gasteiger partial charge is 0.449 e. The van der Waals surface area contributed by atoms with Crippen LogP contribution in [0.3, 0.4) is 0 Å². The van der Waals surface area contributed by atoms with E-state index < -0.39 is 0 Å². The van der Waals surface area contributed by atoms with E-state index in [2.05, 4.69) is 37.8 Å². The molecule has 0 radical (unpaired) electrons. The van der Waals surface area contributed by atoms with Gasteiger partial charge in [0.1, 0.15) is 16.9 Å². The number of halogens is 1. The fourth-order valence-corrected chi connectivity index (χ4v) is 4.84. The van der Waals surface area contributed by atoms with Gasteiger partial charge in [0.25, 0.3) is 5.56 Å². The Hall–Kier alpha value is -1.70. The number of H-pyrrole nitrogens is 1. The van der Waals surface area contributed by atoms with Crippen LogP contribution in [0.5, 0.6) is 0 Å². The monoisotopic (exact) mass is 416 g/mol. The van der Waals surface area contributed by atoms with E-state index >= 15 is 0 Å². The van der Waals surface area contributed by atoms with E-state index in [0.717, 1.165) is 22.9 Å². The van der Waals surface area contributed by atoms with E-state index in [1.54, 1.807) is 0 Å². The minimum atomic E-state index is -0.203. The second kappa shape index (κ2) is 6.18. The molecule has 1 N–H and O–H groups in total. The molecule has 0 aliphatic carbocycles. The van der Waals surface area contributed by atoms with Crippen LogP contribution in [0.4, 0.5) is 0 Å². The maximum absolute atomic E-state index is 12.5. The van der Waals surface area contributed by atoms with Crippen LogP contribution in [0.1, 0.15) is 25.1 Å². The molecule has 2 bridgehead atoms. The number of hydrogen-bond acceptors (Lipinski definition) is 5. The molecule has 2 aliphatic rings. The number of aromatic amines is 1. The minimum Gasteiger partial charge on any atom is -0.449 e. The van der Waals surface area contributed by atoms with Crippen LogP contribution in [0.2, 0.25) is 0 Å². The molecule has 4 heterocycles. The highest BCUT2D eigenvalue weighted by atomic mass is 79.9. The van der Waals surface area contributed by atoms with Crippen molar-refractivity contribution in [3.05, 3.63) is 38.9 Å². The number of nitrogens with one attached hydrogen (secondary N) is 1. The zero-order valence-corrected chi connectivity index (χ0v) is 16.3. The van der Waals surface area contributed by atoms with Crippen LogP contribution in [0, 0.1) is 0 Å². The van der Waals surface area contributed by atoms with Gasteiger partial charge in [0.2, 0.25) is 5.58 Å². The van der Waals surface area contributed by atoms with Crippen LogP contribution >= 0.6 is 15.9 Å². The van der Waals surface area contributed by atoms with Crippen LogP contribution < -0.4 is 5.56 Å². The van der Waals surface area contributed by atoms with Crippen molar-refractivity contribution in [2.75, 3.05) is 20.1 Å². The Bertz CT molecular complexity index is 1040. The Morgan fingerprint density at radius 1 is 1.31 bits per heavy atom. The van der Waals surface area contributed by atoms with E-state index in [4.69, 9.17) is 9.40 Å². The Labute approximate surface area is 159 Å². The number of fused-ring (bicyclic) bond motifs is 5. The third-order valence-electron chi connectivity index (χ3n) is 5.94. The van der Waals surface area contributed by atoms with Gasteiger partial charge in [0.05, 0.1) is 6.54 Å². The van der Waals surface area contributed by atoms with Crippen molar-refractivity contribution in [2.45, 2.75) is 37.9 Å². The normalized spacial score (nSPS) is 24.5. The van der Waals surface area contributed by atoms with Gasteiger partial charge in [-0.1, -0.05) is 15.9 Å². The summed E-state index contributed by atoms with van der Waals surface area (Å²) in [4.78, 5) is 25.1. The Morgan fingerprint density at radius 3 is 3.04 bits per heavy atom. The molecule has 1 aromatic carbocycles. The molecule has 0 saturated carbocycles. The Balaban J connectivity index is 1.50. The number of likely N-dealkylation sites (N-methyl/N-ethyl adjacent to an activating group) is 1. The molecule has 136 valence electrons. The third kappa shape index (κ3) is 2.69. The lowest BCUT2D eigenvalue weighted by Gasteiger charge is -2.25. The molecule has 7 heteroatoms. The van der Waals surface area contributed by atoms with Crippen molar-refractivity contribution < 1.29 is 4.42 Å². The van der Waals surface area contributed by atoms with Gasteiger partial charge in [-0.15, -0.1) is 0 Å². The van der Waals surface area contributed by atoms with E-state index in [-0.39, 0.29) is 5.56 Å². The topological polar surface area (TPSA) is 65.4 Å². The summed E-state index contributed by atoms with van der Waals surface area (Å²) in [6.45, 7) is 2.75. The molecule has 0 unspecified atom stereocenters. The maximum atomic E-state index is 12.5. The quantitative estimate of drug-likeness (QED) is 0.694. The van der Waals surface area contributed by atoms with E-state index in [1.807, 2.05) is 18.2 Å².